The van der Waals surface area contributed by atoms with Crippen LogP contribution < -0.4 is 5.32 Å². The van der Waals surface area contributed by atoms with Gasteiger partial charge in [-0.15, -0.1) is 0 Å². The molecule has 1 nitrogen and oxygen atoms in total. The van der Waals surface area contributed by atoms with Gasteiger partial charge in [0.25, 0.3) is 0 Å². The summed E-state index contributed by atoms with van der Waals surface area (Å²) < 4.78 is 13.2. The molecule has 1 atom stereocenters. The van der Waals surface area contributed by atoms with E-state index in [2.05, 4.69) is 5.32 Å². The summed E-state index contributed by atoms with van der Waals surface area (Å²) in [6.07, 6.45) is 1.79. The predicted octanol–water partition coefficient (Wildman–Crippen LogP) is 1.51. The molecule has 0 fully saturated rings. The average Bonchev–Trinajstić information content (AvgIpc) is 2.49. The maximum atomic E-state index is 13.2. The van der Waals surface area contributed by atoms with Gasteiger partial charge in [-0.05, 0) is 37.1 Å². The van der Waals surface area contributed by atoms with Gasteiger partial charge in [0, 0.05) is 6.04 Å². The molecule has 0 saturated carbocycles. The molecule has 1 aromatic rings. The third-order valence-electron chi connectivity index (χ3n) is 2.54. The lowest BCUT2D eigenvalue weighted by Gasteiger charge is -2.04. The van der Waals surface area contributed by atoms with Crippen LogP contribution >= 0.6 is 0 Å². The molecule has 0 heterocycles. The van der Waals surface area contributed by atoms with Gasteiger partial charge in [-0.1, -0.05) is 12.1 Å². The van der Waals surface area contributed by atoms with Crippen molar-refractivity contribution in [1.29, 1.82) is 0 Å². The summed E-state index contributed by atoms with van der Waals surface area (Å²) in [6, 6.07) is 5.76. The lowest BCUT2D eigenvalue weighted by molar-refractivity contribution is 0.573. The van der Waals surface area contributed by atoms with Crippen LogP contribution in [0.15, 0.2) is 18.2 Å². The van der Waals surface area contributed by atoms with Crippen LogP contribution in [0, 0.1) is 5.82 Å². The summed E-state index contributed by atoms with van der Waals surface area (Å²) in [4.78, 5) is 0. The van der Waals surface area contributed by atoms with Gasteiger partial charge in [-0.25, -0.2) is 4.39 Å². The molecule has 0 bridgehead atoms. The van der Waals surface area contributed by atoms with Crippen LogP contribution in [0.1, 0.15) is 11.1 Å². The zero-order valence-electron chi connectivity index (χ0n) is 7.10. The van der Waals surface area contributed by atoms with Crippen LogP contribution in [0.4, 0.5) is 4.39 Å². The third kappa shape index (κ3) is 1.12. The maximum Gasteiger partial charge on any atom is 0.126 e. The molecule has 1 aliphatic carbocycles. The molecule has 0 aromatic heterocycles. The highest BCUT2D eigenvalue weighted by Crippen LogP contribution is 2.24. The van der Waals surface area contributed by atoms with Crippen molar-refractivity contribution in [3.63, 3.8) is 0 Å². The van der Waals surface area contributed by atoms with E-state index in [0.717, 1.165) is 24.0 Å². The topological polar surface area (TPSA) is 12.0 Å². The van der Waals surface area contributed by atoms with Crippen molar-refractivity contribution in [1.82, 2.24) is 5.32 Å². The largest absolute Gasteiger partial charge is 0.316 e. The number of rotatable bonds is 1. The number of fused-ring (bicyclic) bond motifs is 1. The van der Waals surface area contributed by atoms with Crippen molar-refractivity contribution in [2.75, 3.05) is 7.05 Å². The fourth-order valence-electron chi connectivity index (χ4n) is 1.81. The molecule has 0 aliphatic heterocycles. The number of hydrogen-bond acceptors (Lipinski definition) is 1. The minimum Gasteiger partial charge on any atom is -0.316 e. The van der Waals surface area contributed by atoms with E-state index >= 15 is 0 Å². The molecule has 0 spiro atoms. The van der Waals surface area contributed by atoms with Gasteiger partial charge in [0.15, 0.2) is 0 Å². The molecule has 2 rings (SSSR count). The second kappa shape index (κ2) is 2.87. The van der Waals surface area contributed by atoms with E-state index < -0.39 is 0 Å². The molecule has 1 aromatic carbocycles. The van der Waals surface area contributed by atoms with Crippen molar-refractivity contribution in [3.8, 4) is 0 Å². The SMILES string of the molecule is CNC1Cc2cccc(F)c2C1. The molecule has 0 amide bonds. The second-order valence-corrected chi connectivity index (χ2v) is 3.27. The molecular formula is C10H12FN. The van der Waals surface area contributed by atoms with Crippen LogP contribution in [-0.2, 0) is 12.8 Å². The van der Waals surface area contributed by atoms with E-state index in [4.69, 9.17) is 0 Å². The highest BCUT2D eigenvalue weighted by atomic mass is 19.1. The maximum absolute atomic E-state index is 13.2. The summed E-state index contributed by atoms with van der Waals surface area (Å²) in [5, 5.41) is 3.17. The van der Waals surface area contributed by atoms with Crippen molar-refractivity contribution >= 4 is 0 Å². The van der Waals surface area contributed by atoms with Crippen molar-refractivity contribution in [3.05, 3.63) is 35.1 Å². The first kappa shape index (κ1) is 7.74. The fourth-order valence-corrected chi connectivity index (χ4v) is 1.81. The Kier molecular flexibility index (Phi) is 1.85. The summed E-state index contributed by atoms with van der Waals surface area (Å²) in [7, 11) is 1.93. The van der Waals surface area contributed by atoms with E-state index in [1.165, 1.54) is 6.07 Å². The minimum absolute atomic E-state index is 0.0507. The number of nitrogens with one attached hydrogen (secondary N) is 1. The van der Waals surface area contributed by atoms with Crippen LogP contribution in [0.25, 0.3) is 0 Å². The highest BCUT2D eigenvalue weighted by molar-refractivity contribution is 5.34. The van der Waals surface area contributed by atoms with Crippen molar-refractivity contribution in [2.45, 2.75) is 18.9 Å². The Morgan fingerprint density at radius 1 is 1.42 bits per heavy atom. The van der Waals surface area contributed by atoms with Gasteiger partial charge >= 0.3 is 0 Å². The predicted molar refractivity (Wildman–Crippen MR) is 46.7 cm³/mol. The third-order valence-corrected chi connectivity index (χ3v) is 2.54. The molecular weight excluding hydrogens is 153 g/mol. The molecule has 0 radical (unpaired) electrons. The summed E-state index contributed by atoms with van der Waals surface area (Å²) in [5.41, 5.74) is 2.06. The van der Waals surface area contributed by atoms with Gasteiger partial charge in [0.2, 0.25) is 0 Å². The highest BCUT2D eigenvalue weighted by Gasteiger charge is 2.21. The van der Waals surface area contributed by atoms with Gasteiger partial charge in [-0.3, -0.25) is 0 Å². The zero-order valence-corrected chi connectivity index (χ0v) is 7.10. The fraction of sp³-hybridized carbons (Fsp3) is 0.400. The normalized spacial score (nSPS) is 21.0. The number of likely N-dealkylation sites (N-methyl/N-ethyl adjacent to an activating group) is 1. The average molecular weight is 165 g/mol. The van der Waals surface area contributed by atoms with Gasteiger partial charge < -0.3 is 5.32 Å². The lowest BCUT2D eigenvalue weighted by atomic mass is 10.1. The Morgan fingerprint density at radius 2 is 2.25 bits per heavy atom. The van der Waals surface area contributed by atoms with Crippen molar-refractivity contribution < 1.29 is 4.39 Å². The van der Waals surface area contributed by atoms with E-state index in [0.29, 0.717) is 6.04 Å². The molecule has 12 heavy (non-hydrogen) atoms. The number of halogens is 1. The van der Waals surface area contributed by atoms with E-state index in [1.807, 2.05) is 13.1 Å². The lowest BCUT2D eigenvalue weighted by Crippen LogP contribution is -2.25. The Labute approximate surface area is 71.6 Å². The smallest absolute Gasteiger partial charge is 0.126 e. The summed E-state index contributed by atoms with van der Waals surface area (Å²) in [5.74, 6) is -0.0507. The Morgan fingerprint density at radius 3 is 2.92 bits per heavy atom. The minimum atomic E-state index is -0.0507. The first-order valence-electron chi connectivity index (χ1n) is 4.25. The Bertz CT molecular complexity index is 296. The molecule has 64 valence electrons. The molecule has 0 saturated heterocycles. The molecule has 1 unspecified atom stereocenters. The van der Waals surface area contributed by atoms with E-state index in [9.17, 15) is 4.39 Å². The zero-order chi connectivity index (χ0) is 8.55. The van der Waals surface area contributed by atoms with Crippen LogP contribution in [0.5, 0.6) is 0 Å². The Hall–Kier alpha value is -0.890. The number of hydrogen-bond donors (Lipinski definition) is 1. The Balaban J connectivity index is 2.35. The quantitative estimate of drug-likeness (QED) is 0.665. The monoisotopic (exact) mass is 165 g/mol. The van der Waals surface area contributed by atoms with Gasteiger partial charge in [0.05, 0.1) is 0 Å². The molecule has 2 heteroatoms. The second-order valence-electron chi connectivity index (χ2n) is 3.27. The molecule has 1 N–H and O–H groups in total. The van der Waals surface area contributed by atoms with E-state index in [1.54, 1.807) is 6.07 Å². The first-order valence-corrected chi connectivity index (χ1v) is 4.25. The van der Waals surface area contributed by atoms with Crippen LogP contribution in [0.2, 0.25) is 0 Å². The van der Waals surface area contributed by atoms with Crippen LogP contribution in [0.3, 0.4) is 0 Å². The van der Waals surface area contributed by atoms with Gasteiger partial charge in [0.1, 0.15) is 5.82 Å². The van der Waals surface area contributed by atoms with E-state index in [-0.39, 0.29) is 5.82 Å². The first-order chi connectivity index (χ1) is 5.81. The van der Waals surface area contributed by atoms with Crippen LogP contribution in [-0.4, -0.2) is 13.1 Å². The summed E-state index contributed by atoms with van der Waals surface area (Å²) in [6.45, 7) is 0. The number of benzene rings is 1. The van der Waals surface area contributed by atoms with Crippen molar-refractivity contribution in [2.24, 2.45) is 0 Å². The molecule has 1 aliphatic rings. The summed E-state index contributed by atoms with van der Waals surface area (Å²) >= 11 is 0. The standard InChI is InChI=1S/C10H12FN/c1-12-8-5-7-3-2-4-10(11)9(7)6-8/h2-4,8,12H,5-6H2,1H3. The van der Waals surface area contributed by atoms with Gasteiger partial charge in [-0.2, -0.15) is 0 Å².